The molecule has 0 aliphatic heterocycles. The summed E-state index contributed by atoms with van der Waals surface area (Å²) in [5.41, 5.74) is 23.1. The molecule has 0 bridgehead atoms. The van der Waals surface area contributed by atoms with Gasteiger partial charge in [0, 0.05) is 12.6 Å². The highest BCUT2D eigenvalue weighted by molar-refractivity contribution is 6.21. The van der Waals surface area contributed by atoms with Crippen molar-refractivity contribution >= 4 is 32.6 Å². The standard InChI is InChI=1S/C66H42N2/c1-68-61-33-17-16-32-60(61)67-64(68)63-50-24-4-2-22-48(50)62(49-23-3-5-25-51(49)63)42-36-34-41(35-37-42)43-38-39-58-59(40-43)66(54-28-12-8-20-46(54)47-21-9-13-29-55(47)66)57-31-15-14-30-56(57)65(58)52-26-10-6-18-44(52)45-19-7-11-27-53(45)65/h2-40H,1H3. The summed E-state index contributed by atoms with van der Waals surface area (Å²) in [6.07, 6.45) is 0. The SMILES string of the molecule is Cn1c(-c2c3ccccc3c(-c3ccc(-c4ccc5c(c4)C4(c6ccccc6-c6ccccc64)c4ccccc4C54c5ccccc5-c5ccccc54)cc3)c3ccccc23)nc2ccccc21. The van der Waals surface area contributed by atoms with Crippen LogP contribution in [-0.4, -0.2) is 9.55 Å². The molecule has 12 aromatic rings. The molecule has 0 radical (unpaired) electrons. The van der Waals surface area contributed by atoms with Crippen LogP contribution in [0.25, 0.3) is 88.5 Å². The number of aryl methyl sites for hydroxylation is 1. The molecule has 0 atom stereocenters. The average Bonchev–Trinajstić information content (AvgIpc) is 4.01. The van der Waals surface area contributed by atoms with Crippen LogP contribution < -0.4 is 0 Å². The van der Waals surface area contributed by atoms with Gasteiger partial charge in [-0.25, -0.2) is 4.98 Å². The molecule has 1 aromatic heterocycles. The lowest BCUT2D eigenvalue weighted by Crippen LogP contribution is -2.43. The van der Waals surface area contributed by atoms with Crippen molar-refractivity contribution in [2.45, 2.75) is 10.8 Å². The second kappa shape index (κ2) is 13.7. The number of imidazole rings is 1. The highest BCUT2D eigenvalue weighted by atomic mass is 15.1. The predicted molar refractivity (Wildman–Crippen MR) is 280 cm³/mol. The van der Waals surface area contributed by atoms with Crippen molar-refractivity contribution in [3.8, 4) is 55.9 Å². The van der Waals surface area contributed by atoms with Gasteiger partial charge in [0.25, 0.3) is 0 Å². The molecule has 316 valence electrons. The molecule has 0 fully saturated rings. The van der Waals surface area contributed by atoms with Crippen molar-refractivity contribution in [2.75, 3.05) is 0 Å². The number of nitrogens with zero attached hydrogens (tertiary/aromatic N) is 2. The number of aromatic nitrogens is 2. The summed E-state index contributed by atoms with van der Waals surface area (Å²) >= 11 is 0. The summed E-state index contributed by atoms with van der Waals surface area (Å²) in [6, 6.07) is 89.0. The fraction of sp³-hybridized carbons (Fsp3) is 0.0455. The Morgan fingerprint density at radius 3 is 1.18 bits per heavy atom. The van der Waals surface area contributed by atoms with E-state index in [0.717, 1.165) is 16.9 Å². The van der Waals surface area contributed by atoms with Gasteiger partial charge in [0.05, 0.1) is 21.9 Å². The lowest BCUT2D eigenvalue weighted by Gasteiger charge is -2.49. The van der Waals surface area contributed by atoms with Gasteiger partial charge < -0.3 is 4.57 Å². The molecular weight excluding hydrogens is 821 g/mol. The van der Waals surface area contributed by atoms with Crippen molar-refractivity contribution in [2.24, 2.45) is 7.05 Å². The zero-order valence-electron chi connectivity index (χ0n) is 37.4. The summed E-state index contributed by atoms with van der Waals surface area (Å²) in [4.78, 5) is 5.23. The molecule has 0 unspecified atom stereocenters. The van der Waals surface area contributed by atoms with Crippen LogP contribution >= 0.6 is 0 Å². The highest BCUT2D eigenvalue weighted by Gasteiger charge is 2.58. The van der Waals surface area contributed by atoms with Crippen molar-refractivity contribution < 1.29 is 0 Å². The first kappa shape index (κ1) is 37.6. The van der Waals surface area contributed by atoms with E-state index < -0.39 is 10.8 Å². The maximum absolute atomic E-state index is 5.23. The van der Waals surface area contributed by atoms with Gasteiger partial charge in [-0.1, -0.05) is 218 Å². The summed E-state index contributed by atoms with van der Waals surface area (Å²) in [5.74, 6) is 0.979. The van der Waals surface area contributed by atoms with Gasteiger partial charge >= 0.3 is 0 Å². The number of fused-ring (bicyclic) bond motifs is 19. The Morgan fingerprint density at radius 1 is 0.309 bits per heavy atom. The third-order valence-electron chi connectivity index (χ3n) is 15.9. The first-order chi connectivity index (χ1) is 33.7. The van der Waals surface area contributed by atoms with Crippen LogP contribution in [-0.2, 0) is 17.9 Å². The Morgan fingerprint density at radius 2 is 0.676 bits per heavy atom. The fourth-order valence-corrected chi connectivity index (χ4v) is 13.3. The lowest BCUT2D eigenvalue weighted by molar-refractivity contribution is 0.633. The quantitative estimate of drug-likeness (QED) is 0.162. The molecular formula is C66H42N2. The van der Waals surface area contributed by atoms with Crippen LogP contribution in [0.4, 0.5) is 0 Å². The molecule has 2 nitrogen and oxygen atoms in total. The second-order valence-corrected chi connectivity index (χ2v) is 18.9. The molecule has 0 N–H and O–H groups in total. The molecule has 2 spiro atoms. The third kappa shape index (κ3) is 4.64. The van der Waals surface area contributed by atoms with E-state index in [1.165, 1.54) is 116 Å². The number of hydrogen-bond acceptors (Lipinski definition) is 1. The number of rotatable bonds is 3. The minimum atomic E-state index is -0.536. The molecule has 0 amide bonds. The topological polar surface area (TPSA) is 17.8 Å². The Kier molecular flexibility index (Phi) is 7.59. The smallest absolute Gasteiger partial charge is 0.142 e. The Balaban J connectivity index is 0.971. The Labute approximate surface area is 395 Å². The minimum absolute atomic E-state index is 0.505. The number of para-hydroxylation sites is 2. The monoisotopic (exact) mass is 862 g/mol. The van der Waals surface area contributed by atoms with E-state index in [1.807, 2.05) is 0 Å². The van der Waals surface area contributed by atoms with Crippen LogP contribution in [0.5, 0.6) is 0 Å². The summed E-state index contributed by atoms with van der Waals surface area (Å²) < 4.78 is 2.24. The first-order valence-electron chi connectivity index (χ1n) is 23.8. The molecule has 3 aliphatic carbocycles. The van der Waals surface area contributed by atoms with Crippen LogP contribution in [0.3, 0.4) is 0 Å². The first-order valence-corrected chi connectivity index (χ1v) is 23.8. The zero-order valence-corrected chi connectivity index (χ0v) is 37.4. The van der Waals surface area contributed by atoms with Gasteiger partial charge in [0.15, 0.2) is 0 Å². The zero-order chi connectivity index (χ0) is 44.7. The van der Waals surface area contributed by atoms with E-state index >= 15 is 0 Å². The Bertz CT molecular complexity index is 3960. The fourth-order valence-electron chi connectivity index (χ4n) is 13.3. The van der Waals surface area contributed by atoms with Gasteiger partial charge in [-0.05, 0) is 129 Å². The van der Waals surface area contributed by atoms with Crippen molar-refractivity contribution in [1.29, 1.82) is 0 Å². The second-order valence-electron chi connectivity index (χ2n) is 18.9. The normalized spacial score (nSPS) is 14.2. The van der Waals surface area contributed by atoms with E-state index in [1.54, 1.807) is 0 Å². The maximum atomic E-state index is 5.23. The molecule has 11 aromatic carbocycles. The van der Waals surface area contributed by atoms with E-state index in [2.05, 4.69) is 248 Å². The van der Waals surface area contributed by atoms with Crippen LogP contribution in [0.2, 0.25) is 0 Å². The van der Waals surface area contributed by atoms with Gasteiger partial charge in [0.2, 0.25) is 0 Å². The maximum Gasteiger partial charge on any atom is 0.142 e. The number of hydrogen-bond donors (Lipinski definition) is 0. The van der Waals surface area contributed by atoms with Crippen molar-refractivity contribution in [3.63, 3.8) is 0 Å². The molecule has 0 saturated carbocycles. The van der Waals surface area contributed by atoms with Crippen LogP contribution in [0.15, 0.2) is 237 Å². The van der Waals surface area contributed by atoms with E-state index in [-0.39, 0.29) is 0 Å². The van der Waals surface area contributed by atoms with Crippen molar-refractivity contribution in [1.82, 2.24) is 9.55 Å². The van der Waals surface area contributed by atoms with E-state index in [9.17, 15) is 0 Å². The van der Waals surface area contributed by atoms with Crippen LogP contribution in [0, 0.1) is 0 Å². The van der Waals surface area contributed by atoms with E-state index in [0.29, 0.717) is 0 Å². The van der Waals surface area contributed by atoms with Crippen molar-refractivity contribution in [3.05, 3.63) is 281 Å². The molecule has 68 heavy (non-hydrogen) atoms. The summed E-state index contributed by atoms with van der Waals surface area (Å²) in [5, 5.41) is 4.84. The summed E-state index contributed by atoms with van der Waals surface area (Å²) in [7, 11) is 2.14. The molecule has 0 saturated heterocycles. The van der Waals surface area contributed by atoms with E-state index in [4.69, 9.17) is 4.98 Å². The van der Waals surface area contributed by atoms with Crippen LogP contribution in [0.1, 0.15) is 44.5 Å². The van der Waals surface area contributed by atoms with Gasteiger partial charge in [-0.15, -0.1) is 0 Å². The average molecular weight is 863 g/mol. The largest absolute Gasteiger partial charge is 0.327 e. The molecule has 15 rings (SSSR count). The predicted octanol–water partition coefficient (Wildman–Crippen LogP) is 15.9. The third-order valence-corrected chi connectivity index (χ3v) is 15.9. The van der Waals surface area contributed by atoms with Gasteiger partial charge in [0.1, 0.15) is 5.82 Å². The Hall–Kier alpha value is -8.59. The molecule has 1 heterocycles. The summed E-state index contributed by atoms with van der Waals surface area (Å²) in [6.45, 7) is 0. The minimum Gasteiger partial charge on any atom is -0.327 e. The highest BCUT2D eigenvalue weighted by Crippen LogP contribution is 2.67. The molecule has 2 heteroatoms. The molecule has 3 aliphatic rings. The lowest BCUT2D eigenvalue weighted by atomic mass is 9.52. The van der Waals surface area contributed by atoms with Gasteiger partial charge in [-0.2, -0.15) is 0 Å². The van der Waals surface area contributed by atoms with Gasteiger partial charge in [-0.3, -0.25) is 0 Å². The number of benzene rings is 11.